The molecule has 0 aromatic rings. The van der Waals surface area contributed by atoms with E-state index in [1.165, 1.54) is 13.8 Å². The predicted octanol–water partition coefficient (Wildman–Crippen LogP) is 3.81. The lowest BCUT2D eigenvalue weighted by Crippen LogP contribution is -2.64. The Morgan fingerprint density at radius 2 is 1.79 bits per heavy atom. The summed E-state index contributed by atoms with van der Waals surface area (Å²) in [6.45, 7) is 11.7. The van der Waals surface area contributed by atoms with E-state index in [0.717, 1.165) is 12.0 Å². The van der Waals surface area contributed by atoms with E-state index < -0.39 is 71.1 Å². The molecule has 0 saturated carbocycles. The fourth-order valence-electron chi connectivity index (χ4n) is 6.33. The molecule has 9 nitrogen and oxygen atoms in total. The van der Waals surface area contributed by atoms with Gasteiger partial charge in [0.25, 0.3) is 0 Å². The van der Waals surface area contributed by atoms with Crippen LogP contribution in [0.1, 0.15) is 80.6 Å². The zero-order valence-electron chi connectivity index (χ0n) is 23.5. The van der Waals surface area contributed by atoms with Crippen LogP contribution < -0.4 is 0 Å². The van der Waals surface area contributed by atoms with E-state index in [-0.39, 0.29) is 12.4 Å². The molecule has 1 saturated heterocycles. The predicted molar refractivity (Wildman–Crippen MR) is 137 cm³/mol. The molecular weight excluding hydrogens is 492 g/mol. The highest BCUT2D eigenvalue weighted by Gasteiger charge is 2.66. The third-order valence-electron chi connectivity index (χ3n) is 8.51. The Bertz CT molecular complexity index is 1000. The number of rotatable bonds is 6. The molecule has 0 spiro atoms. The molecule has 38 heavy (non-hydrogen) atoms. The smallest absolute Gasteiger partial charge is 0.312 e. The standard InChI is InChI=1S/C29H42O9/c1-8-9-10-24(32)37-21-13-14-28(7)22(35-19(5)30)12-11-16(2)15-23-29(34,18(4)27(33)38-23)26(36-20(6)31)25(28)17(21)3/h13-15,17-18,21-23,25-26,34H,8-12H2,1-7H3/b16-15-/t17-,18-,21+,22+,23-,25+,26+,28+,29-/m0/s1. The summed E-state index contributed by atoms with van der Waals surface area (Å²) in [7, 11) is 0. The number of esters is 4. The van der Waals surface area contributed by atoms with Gasteiger partial charge < -0.3 is 24.1 Å². The summed E-state index contributed by atoms with van der Waals surface area (Å²) in [5.41, 5.74) is -2.02. The molecule has 0 unspecified atom stereocenters. The number of hydrogen-bond donors (Lipinski definition) is 1. The third kappa shape index (κ3) is 5.67. The van der Waals surface area contributed by atoms with Crippen molar-refractivity contribution in [3.63, 3.8) is 0 Å². The lowest BCUT2D eigenvalue weighted by molar-refractivity contribution is -0.211. The maximum absolute atomic E-state index is 12.8. The fraction of sp³-hybridized carbons (Fsp3) is 0.724. The molecule has 0 amide bonds. The summed E-state index contributed by atoms with van der Waals surface area (Å²) in [5, 5.41) is 12.3. The molecule has 1 aliphatic heterocycles. The second-order valence-electron chi connectivity index (χ2n) is 11.3. The van der Waals surface area contributed by atoms with E-state index in [1.54, 1.807) is 19.1 Å². The number of carbonyl (C=O) groups is 4. The van der Waals surface area contributed by atoms with Crippen LogP contribution in [0.3, 0.4) is 0 Å². The molecule has 0 radical (unpaired) electrons. The van der Waals surface area contributed by atoms with Gasteiger partial charge in [-0.2, -0.15) is 0 Å². The van der Waals surface area contributed by atoms with Gasteiger partial charge in [0.1, 0.15) is 18.3 Å². The number of aliphatic hydroxyl groups is 1. The highest BCUT2D eigenvalue weighted by atomic mass is 16.6. The molecule has 0 aromatic carbocycles. The average Bonchev–Trinajstić information content (AvgIpc) is 3.04. The Labute approximate surface area is 224 Å². The van der Waals surface area contributed by atoms with Crippen molar-refractivity contribution in [3.8, 4) is 0 Å². The Morgan fingerprint density at radius 3 is 2.39 bits per heavy atom. The van der Waals surface area contributed by atoms with Gasteiger partial charge in [0.2, 0.25) is 0 Å². The number of unbranched alkanes of at least 4 members (excludes halogenated alkanes) is 1. The van der Waals surface area contributed by atoms with Crippen LogP contribution in [0.4, 0.5) is 0 Å². The fourth-order valence-corrected chi connectivity index (χ4v) is 6.33. The number of fused-ring (bicyclic) bond motifs is 2. The summed E-state index contributed by atoms with van der Waals surface area (Å²) >= 11 is 0. The molecule has 1 heterocycles. The second-order valence-corrected chi connectivity index (χ2v) is 11.3. The van der Waals surface area contributed by atoms with Crippen LogP contribution in [0, 0.1) is 23.2 Å². The zero-order valence-corrected chi connectivity index (χ0v) is 23.5. The van der Waals surface area contributed by atoms with Crippen LogP contribution in [0.5, 0.6) is 0 Å². The molecule has 3 aliphatic rings. The van der Waals surface area contributed by atoms with Crippen molar-refractivity contribution in [1.29, 1.82) is 0 Å². The van der Waals surface area contributed by atoms with Gasteiger partial charge in [0, 0.05) is 37.5 Å². The van der Waals surface area contributed by atoms with Crippen LogP contribution in [0.15, 0.2) is 23.8 Å². The normalized spacial score (nSPS) is 40.1. The van der Waals surface area contributed by atoms with Crippen LogP contribution in [-0.4, -0.2) is 59.0 Å². The first-order chi connectivity index (χ1) is 17.7. The van der Waals surface area contributed by atoms with Gasteiger partial charge in [0.05, 0.1) is 5.92 Å². The highest BCUT2D eigenvalue weighted by molar-refractivity contribution is 5.77. The minimum Gasteiger partial charge on any atom is -0.462 e. The maximum Gasteiger partial charge on any atom is 0.312 e. The number of allylic oxidation sites excluding steroid dienone is 1. The highest BCUT2D eigenvalue weighted by Crippen LogP contribution is 2.54. The zero-order chi connectivity index (χ0) is 28.4. The Balaban J connectivity index is 2.22. The van der Waals surface area contributed by atoms with Gasteiger partial charge in [-0.25, -0.2) is 0 Å². The summed E-state index contributed by atoms with van der Waals surface area (Å²) in [4.78, 5) is 50.1. The van der Waals surface area contributed by atoms with Crippen molar-refractivity contribution >= 4 is 23.9 Å². The molecule has 212 valence electrons. The first-order valence-corrected chi connectivity index (χ1v) is 13.6. The van der Waals surface area contributed by atoms with E-state index in [1.807, 2.05) is 33.8 Å². The van der Waals surface area contributed by atoms with Crippen LogP contribution in [-0.2, 0) is 38.1 Å². The van der Waals surface area contributed by atoms with E-state index in [4.69, 9.17) is 18.9 Å². The van der Waals surface area contributed by atoms with Crippen LogP contribution >= 0.6 is 0 Å². The molecule has 9 heteroatoms. The Kier molecular flexibility index (Phi) is 9.12. The molecule has 3 rings (SSSR count). The van der Waals surface area contributed by atoms with Gasteiger partial charge in [-0.05, 0) is 45.3 Å². The van der Waals surface area contributed by atoms with E-state index >= 15 is 0 Å². The topological polar surface area (TPSA) is 125 Å². The maximum atomic E-state index is 12.8. The molecule has 0 aromatic heterocycles. The molecule has 1 N–H and O–H groups in total. The van der Waals surface area contributed by atoms with E-state index in [9.17, 15) is 24.3 Å². The Hall–Kier alpha value is -2.68. The largest absolute Gasteiger partial charge is 0.462 e. The average molecular weight is 535 g/mol. The summed E-state index contributed by atoms with van der Waals surface area (Å²) < 4.78 is 23.2. The number of ether oxygens (including phenoxy) is 4. The minimum atomic E-state index is -1.91. The molecule has 1 fully saturated rings. The van der Waals surface area contributed by atoms with Crippen molar-refractivity contribution in [2.75, 3.05) is 0 Å². The Morgan fingerprint density at radius 1 is 1.13 bits per heavy atom. The summed E-state index contributed by atoms with van der Waals surface area (Å²) in [6.07, 6.45) is 4.51. The van der Waals surface area contributed by atoms with E-state index in [2.05, 4.69) is 0 Å². The van der Waals surface area contributed by atoms with Gasteiger partial charge in [-0.15, -0.1) is 0 Å². The third-order valence-corrected chi connectivity index (χ3v) is 8.51. The van der Waals surface area contributed by atoms with Crippen molar-refractivity contribution in [1.82, 2.24) is 0 Å². The first-order valence-electron chi connectivity index (χ1n) is 13.6. The molecular formula is C29H42O9. The lowest BCUT2D eigenvalue weighted by Gasteiger charge is -2.53. The SMILES string of the molecule is CCCCC(=O)O[C@@H]1C=C[C@@]2(C)[C@H]([C@H]1C)[C@@H](OC(C)=O)[C@@]1(O)[C@H](/C=C(/C)CC[C@H]2OC(C)=O)OC(=O)[C@@H]1C. The quantitative estimate of drug-likeness (QED) is 0.307. The summed E-state index contributed by atoms with van der Waals surface area (Å²) in [5.74, 6) is -4.25. The van der Waals surface area contributed by atoms with Crippen molar-refractivity contribution in [2.45, 2.75) is 111 Å². The number of carbonyl (C=O) groups excluding carboxylic acids is 4. The van der Waals surface area contributed by atoms with E-state index in [0.29, 0.717) is 19.3 Å². The first kappa shape index (κ1) is 29.9. The van der Waals surface area contributed by atoms with Crippen molar-refractivity contribution < 1.29 is 43.2 Å². The van der Waals surface area contributed by atoms with Crippen molar-refractivity contribution in [3.05, 3.63) is 23.8 Å². The van der Waals surface area contributed by atoms with Crippen LogP contribution in [0.25, 0.3) is 0 Å². The van der Waals surface area contributed by atoms with Crippen molar-refractivity contribution in [2.24, 2.45) is 23.2 Å². The van der Waals surface area contributed by atoms with Gasteiger partial charge >= 0.3 is 23.9 Å². The second kappa shape index (κ2) is 11.6. The lowest BCUT2D eigenvalue weighted by atomic mass is 9.56. The van der Waals surface area contributed by atoms with Crippen LogP contribution in [0.2, 0.25) is 0 Å². The molecule has 0 bridgehead atoms. The summed E-state index contributed by atoms with van der Waals surface area (Å²) in [6, 6.07) is 0. The van der Waals surface area contributed by atoms with Gasteiger partial charge in [-0.1, -0.05) is 38.8 Å². The van der Waals surface area contributed by atoms with Gasteiger partial charge in [-0.3, -0.25) is 19.2 Å². The monoisotopic (exact) mass is 534 g/mol. The van der Waals surface area contributed by atoms with Gasteiger partial charge in [0.15, 0.2) is 11.7 Å². The molecule has 2 aliphatic carbocycles. The number of hydrogen-bond acceptors (Lipinski definition) is 9. The molecule has 9 atom stereocenters. The minimum absolute atomic E-state index is 0.272.